The van der Waals surface area contributed by atoms with Crippen LogP contribution in [-0.4, -0.2) is 37.7 Å². The molecule has 0 bridgehead atoms. The van der Waals surface area contributed by atoms with Crippen molar-refractivity contribution in [1.29, 1.82) is 0 Å². The van der Waals surface area contributed by atoms with Crippen LogP contribution in [0.3, 0.4) is 0 Å². The number of unbranched alkanes of at least 4 members (excludes halogenated alkanes) is 16. The van der Waals surface area contributed by atoms with Gasteiger partial charge in [0.25, 0.3) is 0 Å². The Balaban J connectivity index is 3.03. The molecular formula is C22H48N2. The summed E-state index contributed by atoms with van der Waals surface area (Å²) in [5.74, 6) is 0. The Morgan fingerprint density at radius 1 is 0.417 bits per heavy atom. The molecule has 2 heteroatoms. The van der Waals surface area contributed by atoms with Gasteiger partial charge in [0.1, 0.15) is 0 Å². The summed E-state index contributed by atoms with van der Waals surface area (Å²) in [6, 6.07) is 0. The first-order chi connectivity index (χ1) is 11.7. The van der Waals surface area contributed by atoms with E-state index in [9.17, 15) is 0 Å². The van der Waals surface area contributed by atoms with Crippen LogP contribution in [-0.2, 0) is 0 Å². The molecule has 0 aromatic rings. The average molecular weight is 341 g/mol. The van der Waals surface area contributed by atoms with Gasteiger partial charge < -0.3 is 0 Å². The molecule has 0 N–H and O–H groups in total. The zero-order valence-corrected chi connectivity index (χ0v) is 17.6. The fourth-order valence-electron chi connectivity index (χ4n) is 3.27. The first-order valence-corrected chi connectivity index (χ1v) is 11.1. The molecule has 0 spiro atoms. The number of rotatable bonds is 19. The molecule has 0 amide bonds. The molecule has 0 atom stereocenters. The molecule has 0 saturated heterocycles. The number of nitrogens with zero attached hydrogens (tertiary/aromatic N) is 2. The molecule has 0 aliphatic rings. The van der Waals surface area contributed by atoms with Gasteiger partial charge in [-0.15, -0.1) is 0 Å². The maximum absolute atomic E-state index is 2.30. The van der Waals surface area contributed by atoms with E-state index in [2.05, 4.69) is 38.1 Å². The number of hydrogen-bond donors (Lipinski definition) is 0. The van der Waals surface area contributed by atoms with Gasteiger partial charge in [0.15, 0.2) is 0 Å². The first-order valence-electron chi connectivity index (χ1n) is 11.1. The van der Waals surface area contributed by atoms with E-state index in [1.54, 1.807) is 0 Å². The Kier molecular flexibility index (Phi) is 19.2. The van der Waals surface area contributed by atoms with Crippen LogP contribution in [0.5, 0.6) is 0 Å². The molecule has 0 aliphatic carbocycles. The minimum Gasteiger partial charge on any atom is -0.248 e. The van der Waals surface area contributed by atoms with E-state index in [0.29, 0.717) is 0 Å². The fraction of sp³-hybridized carbons (Fsp3) is 1.00. The Morgan fingerprint density at radius 2 is 0.708 bits per heavy atom. The second-order valence-electron chi connectivity index (χ2n) is 7.89. The van der Waals surface area contributed by atoms with Crippen molar-refractivity contribution in [2.24, 2.45) is 0 Å². The zero-order valence-electron chi connectivity index (χ0n) is 17.6. The number of hydrazine groups is 1. The monoisotopic (exact) mass is 340 g/mol. The van der Waals surface area contributed by atoms with E-state index in [1.165, 1.54) is 116 Å². The van der Waals surface area contributed by atoms with E-state index < -0.39 is 0 Å². The summed E-state index contributed by atoms with van der Waals surface area (Å²) in [6.07, 6.45) is 24.6. The van der Waals surface area contributed by atoms with Crippen LogP contribution in [0.2, 0.25) is 0 Å². The average Bonchev–Trinajstić information content (AvgIpc) is 2.57. The molecule has 0 fully saturated rings. The molecule has 146 valence electrons. The van der Waals surface area contributed by atoms with Gasteiger partial charge in [-0.1, -0.05) is 110 Å². The molecule has 0 heterocycles. The molecule has 0 rings (SSSR count). The molecule has 0 aromatic heterocycles. The molecule has 0 aromatic carbocycles. The largest absolute Gasteiger partial charge is 0.248 e. The Bertz CT molecular complexity index is 228. The van der Waals surface area contributed by atoms with Gasteiger partial charge in [-0.05, 0) is 6.42 Å². The van der Waals surface area contributed by atoms with Gasteiger partial charge in [-0.2, -0.15) is 0 Å². The van der Waals surface area contributed by atoms with Gasteiger partial charge in [-0.3, -0.25) is 0 Å². The lowest BCUT2D eigenvalue weighted by atomic mass is 10.0. The van der Waals surface area contributed by atoms with Crippen molar-refractivity contribution in [3.63, 3.8) is 0 Å². The topological polar surface area (TPSA) is 6.48 Å². The highest BCUT2D eigenvalue weighted by atomic mass is 15.6. The molecule has 24 heavy (non-hydrogen) atoms. The highest BCUT2D eigenvalue weighted by molar-refractivity contribution is 4.51. The predicted molar refractivity (Wildman–Crippen MR) is 110 cm³/mol. The third-order valence-electron chi connectivity index (χ3n) is 5.27. The van der Waals surface area contributed by atoms with Crippen molar-refractivity contribution in [2.45, 2.75) is 116 Å². The van der Waals surface area contributed by atoms with E-state index in [0.717, 1.165) is 0 Å². The van der Waals surface area contributed by atoms with Gasteiger partial charge in [0, 0.05) is 27.7 Å². The van der Waals surface area contributed by atoms with Gasteiger partial charge in [-0.25, -0.2) is 10.0 Å². The van der Waals surface area contributed by atoms with Crippen LogP contribution in [0.25, 0.3) is 0 Å². The van der Waals surface area contributed by atoms with Crippen LogP contribution >= 0.6 is 0 Å². The van der Waals surface area contributed by atoms with Crippen LogP contribution < -0.4 is 0 Å². The fourth-order valence-corrected chi connectivity index (χ4v) is 3.27. The van der Waals surface area contributed by atoms with E-state index in [-0.39, 0.29) is 0 Å². The summed E-state index contributed by atoms with van der Waals surface area (Å²) in [7, 11) is 6.41. The second kappa shape index (κ2) is 19.2. The number of hydrogen-bond acceptors (Lipinski definition) is 2. The Morgan fingerprint density at radius 3 is 1.00 bits per heavy atom. The van der Waals surface area contributed by atoms with Crippen molar-refractivity contribution in [3.05, 3.63) is 0 Å². The Labute approximate surface area is 154 Å². The van der Waals surface area contributed by atoms with Crippen LogP contribution in [0.15, 0.2) is 0 Å². The Hall–Kier alpha value is -0.0800. The van der Waals surface area contributed by atoms with E-state index >= 15 is 0 Å². The summed E-state index contributed by atoms with van der Waals surface area (Å²) >= 11 is 0. The molecule has 0 saturated carbocycles. The van der Waals surface area contributed by atoms with Gasteiger partial charge in [0.2, 0.25) is 0 Å². The van der Waals surface area contributed by atoms with Crippen LogP contribution in [0.4, 0.5) is 0 Å². The lowest BCUT2D eigenvalue weighted by Gasteiger charge is -2.23. The van der Waals surface area contributed by atoms with Crippen molar-refractivity contribution in [3.8, 4) is 0 Å². The third kappa shape index (κ3) is 18.3. The maximum Gasteiger partial charge on any atom is 0.0130 e. The normalized spacial score (nSPS) is 11.8. The van der Waals surface area contributed by atoms with Crippen LogP contribution in [0, 0.1) is 0 Å². The minimum atomic E-state index is 1.20. The SMILES string of the molecule is CCCCCCCCCCCCCCCCCCCN(C)N(C)C. The standard InChI is InChI=1S/C22H48N2/c1-5-6-7-8-9-10-11-12-13-14-15-16-17-18-19-20-21-22-24(4)23(2)3/h5-22H2,1-4H3. The maximum atomic E-state index is 2.30. The van der Waals surface area contributed by atoms with Crippen molar-refractivity contribution >= 4 is 0 Å². The molecular weight excluding hydrogens is 292 g/mol. The van der Waals surface area contributed by atoms with E-state index in [1.807, 2.05) is 0 Å². The van der Waals surface area contributed by atoms with Crippen molar-refractivity contribution < 1.29 is 0 Å². The lowest BCUT2D eigenvalue weighted by molar-refractivity contribution is 0.0543. The molecule has 0 aliphatic heterocycles. The van der Waals surface area contributed by atoms with Gasteiger partial charge >= 0.3 is 0 Å². The summed E-state index contributed by atoms with van der Waals surface area (Å²) in [5.41, 5.74) is 0. The van der Waals surface area contributed by atoms with Crippen LogP contribution in [0.1, 0.15) is 116 Å². The summed E-state index contributed by atoms with van der Waals surface area (Å²) in [4.78, 5) is 0. The summed E-state index contributed by atoms with van der Waals surface area (Å²) in [6.45, 7) is 3.50. The van der Waals surface area contributed by atoms with Gasteiger partial charge in [0.05, 0.1) is 0 Å². The summed E-state index contributed by atoms with van der Waals surface area (Å²) in [5, 5.41) is 4.47. The third-order valence-corrected chi connectivity index (χ3v) is 5.27. The lowest BCUT2D eigenvalue weighted by Crippen LogP contribution is -2.33. The van der Waals surface area contributed by atoms with E-state index in [4.69, 9.17) is 0 Å². The molecule has 0 unspecified atom stereocenters. The van der Waals surface area contributed by atoms with Crippen molar-refractivity contribution in [1.82, 2.24) is 10.0 Å². The van der Waals surface area contributed by atoms with Crippen molar-refractivity contribution in [2.75, 3.05) is 27.7 Å². The predicted octanol–water partition coefficient (Wildman–Crippen LogP) is 7.05. The molecule has 0 radical (unpaired) electrons. The highest BCUT2D eigenvalue weighted by Gasteiger charge is 1.99. The summed E-state index contributed by atoms with van der Waals surface area (Å²) < 4.78 is 0. The zero-order chi connectivity index (χ0) is 17.9. The second-order valence-corrected chi connectivity index (χ2v) is 7.89. The highest BCUT2D eigenvalue weighted by Crippen LogP contribution is 2.14. The first kappa shape index (κ1) is 23.9. The minimum absolute atomic E-state index is 1.20. The molecule has 2 nitrogen and oxygen atoms in total. The quantitative estimate of drug-likeness (QED) is 0.184. The smallest absolute Gasteiger partial charge is 0.0130 e.